The van der Waals surface area contributed by atoms with Gasteiger partial charge in [0.15, 0.2) is 5.03 Å². The van der Waals surface area contributed by atoms with Crippen molar-refractivity contribution in [2.45, 2.75) is 24.4 Å². The summed E-state index contributed by atoms with van der Waals surface area (Å²) < 4.78 is 26.6. The van der Waals surface area contributed by atoms with Gasteiger partial charge in [0, 0.05) is 25.0 Å². The highest BCUT2D eigenvalue weighted by Gasteiger charge is 2.25. The van der Waals surface area contributed by atoms with E-state index in [1.807, 2.05) is 0 Å². The van der Waals surface area contributed by atoms with Crippen molar-refractivity contribution in [2.24, 2.45) is 0 Å². The number of aromatic nitrogens is 2. The average molecular weight is 279 g/mol. The summed E-state index contributed by atoms with van der Waals surface area (Å²) >= 11 is 0. The van der Waals surface area contributed by atoms with Crippen molar-refractivity contribution in [1.29, 1.82) is 0 Å². The Bertz CT molecular complexity index is 474. The topological polar surface area (TPSA) is 84.0 Å². The third-order valence-electron chi connectivity index (χ3n) is 2.47. The van der Waals surface area contributed by atoms with Gasteiger partial charge in [-0.25, -0.2) is 18.1 Å². The molecule has 1 saturated heterocycles. The smallest absolute Gasteiger partial charge is 0.260 e. The summed E-state index contributed by atoms with van der Waals surface area (Å²) in [4.78, 5) is 7.78. The lowest BCUT2D eigenvalue weighted by Gasteiger charge is -2.11. The molecule has 1 unspecified atom stereocenters. The van der Waals surface area contributed by atoms with Crippen LogP contribution in [0.3, 0.4) is 0 Å². The number of hydrogen-bond acceptors (Lipinski definition) is 5. The largest absolute Gasteiger partial charge is 0.315 e. The number of nitrogens with zero attached hydrogens (tertiary/aromatic N) is 2. The van der Waals surface area contributed by atoms with Crippen LogP contribution in [0.2, 0.25) is 0 Å². The Kier molecular flexibility index (Phi) is 4.81. The van der Waals surface area contributed by atoms with E-state index in [1.165, 1.54) is 12.4 Å². The van der Waals surface area contributed by atoms with Crippen molar-refractivity contribution >= 4 is 22.4 Å². The monoisotopic (exact) mass is 278 g/mol. The van der Waals surface area contributed by atoms with Gasteiger partial charge in [0.25, 0.3) is 10.0 Å². The minimum Gasteiger partial charge on any atom is -0.315 e. The molecule has 0 aromatic carbocycles. The van der Waals surface area contributed by atoms with Gasteiger partial charge in [-0.1, -0.05) is 0 Å². The van der Waals surface area contributed by atoms with Crippen LogP contribution < -0.4 is 10.0 Å². The number of halogens is 1. The molecule has 17 heavy (non-hydrogen) atoms. The highest BCUT2D eigenvalue weighted by Crippen LogP contribution is 2.10. The normalized spacial score (nSPS) is 19.9. The zero-order valence-electron chi connectivity index (χ0n) is 9.38. The zero-order chi connectivity index (χ0) is 11.6. The molecule has 2 heterocycles. The quantitative estimate of drug-likeness (QED) is 0.803. The van der Waals surface area contributed by atoms with E-state index >= 15 is 0 Å². The second kappa shape index (κ2) is 5.72. The second-order valence-corrected chi connectivity index (χ2v) is 5.39. The number of rotatable bonds is 3. The van der Waals surface area contributed by atoms with Gasteiger partial charge in [0.2, 0.25) is 0 Å². The first-order valence-corrected chi connectivity index (χ1v) is 6.58. The minimum absolute atomic E-state index is 0. The molecule has 0 radical (unpaired) electrons. The van der Waals surface area contributed by atoms with Crippen molar-refractivity contribution in [3.63, 3.8) is 0 Å². The van der Waals surface area contributed by atoms with Gasteiger partial charge in [0.1, 0.15) is 0 Å². The molecule has 0 spiro atoms. The maximum absolute atomic E-state index is 12.0. The van der Waals surface area contributed by atoms with E-state index in [9.17, 15) is 8.42 Å². The first kappa shape index (κ1) is 14.3. The Morgan fingerprint density at radius 3 is 2.71 bits per heavy atom. The van der Waals surface area contributed by atoms with E-state index < -0.39 is 10.0 Å². The summed E-state index contributed by atoms with van der Waals surface area (Å²) in [6.45, 7) is 3.14. The van der Waals surface area contributed by atoms with Crippen LogP contribution in [0.5, 0.6) is 0 Å². The third-order valence-corrected chi connectivity index (χ3v) is 4.03. The summed E-state index contributed by atoms with van der Waals surface area (Å²) in [5.74, 6) is 0. The number of nitrogens with one attached hydrogen (secondary N) is 2. The lowest BCUT2D eigenvalue weighted by Crippen LogP contribution is -2.37. The molecule has 1 aromatic heterocycles. The van der Waals surface area contributed by atoms with E-state index in [0.29, 0.717) is 12.2 Å². The molecule has 8 heteroatoms. The van der Waals surface area contributed by atoms with E-state index in [0.717, 1.165) is 13.0 Å². The maximum Gasteiger partial charge on any atom is 0.260 e. The van der Waals surface area contributed by atoms with Crippen LogP contribution in [0.4, 0.5) is 0 Å². The van der Waals surface area contributed by atoms with Gasteiger partial charge in [0.05, 0.1) is 5.69 Å². The molecule has 2 N–H and O–H groups in total. The van der Waals surface area contributed by atoms with Crippen molar-refractivity contribution in [3.8, 4) is 0 Å². The predicted octanol–water partition coefficient (Wildman–Crippen LogP) is -0.153. The van der Waals surface area contributed by atoms with Crippen molar-refractivity contribution in [2.75, 3.05) is 13.1 Å². The van der Waals surface area contributed by atoms with Crippen LogP contribution in [0.25, 0.3) is 0 Å². The van der Waals surface area contributed by atoms with E-state index in [4.69, 9.17) is 0 Å². The molecule has 2 rings (SSSR count). The second-order valence-electron chi connectivity index (χ2n) is 3.76. The fourth-order valence-corrected chi connectivity index (χ4v) is 3.08. The molecule has 1 aliphatic rings. The third kappa shape index (κ3) is 3.35. The van der Waals surface area contributed by atoms with Crippen LogP contribution in [0.15, 0.2) is 17.4 Å². The Morgan fingerprint density at radius 2 is 2.12 bits per heavy atom. The highest BCUT2D eigenvalue weighted by molar-refractivity contribution is 7.89. The van der Waals surface area contributed by atoms with Crippen LogP contribution >= 0.6 is 12.4 Å². The summed E-state index contributed by atoms with van der Waals surface area (Å²) in [6, 6.07) is -0.0496. The van der Waals surface area contributed by atoms with Crippen LogP contribution in [0.1, 0.15) is 12.1 Å². The van der Waals surface area contributed by atoms with Crippen molar-refractivity contribution < 1.29 is 8.42 Å². The fraction of sp³-hybridized carbons (Fsp3) is 0.556. The Balaban J connectivity index is 0.00000144. The molecular weight excluding hydrogens is 264 g/mol. The Morgan fingerprint density at radius 1 is 1.41 bits per heavy atom. The van der Waals surface area contributed by atoms with Crippen molar-refractivity contribution in [3.05, 3.63) is 18.1 Å². The molecule has 0 saturated carbocycles. The Labute approximate surface area is 107 Å². The van der Waals surface area contributed by atoms with Gasteiger partial charge in [-0.2, -0.15) is 0 Å². The first-order valence-electron chi connectivity index (χ1n) is 5.10. The minimum atomic E-state index is -3.54. The van der Waals surface area contributed by atoms with E-state index in [1.54, 1.807) is 6.92 Å². The lowest BCUT2D eigenvalue weighted by molar-refractivity contribution is 0.555. The van der Waals surface area contributed by atoms with E-state index in [2.05, 4.69) is 20.0 Å². The van der Waals surface area contributed by atoms with Crippen LogP contribution in [0, 0.1) is 6.92 Å². The van der Waals surface area contributed by atoms with Gasteiger partial charge >= 0.3 is 0 Å². The molecule has 1 aliphatic heterocycles. The molecule has 6 nitrogen and oxygen atoms in total. The van der Waals surface area contributed by atoms with Crippen LogP contribution in [-0.4, -0.2) is 37.5 Å². The summed E-state index contributed by atoms with van der Waals surface area (Å²) in [7, 11) is -3.54. The summed E-state index contributed by atoms with van der Waals surface area (Å²) in [5, 5.41) is 3.11. The van der Waals surface area contributed by atoms with Crippen molar-refractivity contribution in [1.82, 2.24) is 20.0 Å². The molecule has 0 amide bonds. The molecule has 1 fully saturated rings. The van der Waals surface area contributed by atoms with Gasteiger partial charge in [-0.3, -0.25) is 4.98 Å². The average Bonchev–Trinajstić information content (AvgIpc) is 2.70. The first-order chi connectivity index (χ1) is 7.59. The Hall–Kier alpha value is -0.760. The molecule has 96 valence electrons. The highest BCUT2D eigenvalue weighted by atomic mass is 35.5. The summed E-state index contributed by atoms with van der Waals surface area (Å²) in [6.07, 6.45) is 3.67. The van der Waals surface area contributed by atoms with Gasteiger partial charge in [-0.05, 0) is 19.9 Å². The van der Waals surface area contributed by atoms with Gasteiger partial charge < -0.3 is 5.32 Å². The standard InChI is InChI=1S/C9H14N4O2S.ClH/c1-7-9(12-5-4-11-7)16(14,15)13-8-2-3-10-6-8;/h4-5,8,10,13H,2-3,6H2,1H3;1H. The van der Waals surface area contributed by atoms with E-state index in [-0.39, 0.29) is 23.5 Å². The molecule has 1 atom stereocenters. The lowest BCUT2D eigenvalue weighted by atomic mass is 10.3. The fourth-order valence-electron chi connectivity index (χ4n) is 1.69. The number of hydrogen-bond donors (Lipinski definition) is 2. The molecule has 1 aromatic rings. The maximum atomic E-state index is 12.0. The number of sulfonamides is 1. The molecular formula is C9H15ClN4O2S. The van der Waals surface area contributed by atoms with Crippen LogP contribution in [-0.2, 0) is 10.0 Å². The summed E-state index contributed by atoms with van der Waals surface area (Å²) in [5.41, 5.74) is 0.418. The van der Waals surface area contributed by atoms with Gasteiger partial charge in [-0.15, -0.1) is 12.4 Å². The molecule has 0 bridgehead atoms. The number of aryl methyl sites for hydroxylation is 1. The molecule has 0 aliphatic carbocycles. The predicted molar refractivity (Wildman–Crippen MR) is 65.6 cm³/mol. The zero-order valence-corrected chi connectivity index (χ0v) is 11.0. The SMILES string of the molecule is Cc1nccnc1S(=O)(=O)NC1CCNC1.Cl.